The molecule has 7 heteroatoms. The molecule has 0 spiro atoms. The summed E-state index contributed by atoms with van der Waals surface area (Å²) in [6.07, 6.45) is 0.993. The van der Waals surface area contributed by atoms with Gasteiger partial charge in [0.2, 0.25) is 0 Å². The quantitative estimate of drug-likeness (QED) is 0.298. The summed E-state index contributed by atoms with van der Waals surface area (Å²) < 4.78 is 5.63. The third-order valence-corrected chi connectivity index (χ3v) is 7.72. The smallest absolute Gasteiger partial charge is 0.315 e. The number of hydrogen-bond acceptors (Lipinski definition) is 5. The van der Waals surface area contributed by atoms with Crippen LogP contribution < -0.4 is 0 Å². The van der Waals surface area contributed by atoms with Crippen LogP contribution in [0.5, 0.6) is 0 Å². The normalized spacial score (nSPS) is 22.3. The maximum atomic E-state index is 13.6. The van der Waals surface area contributed by atoms with Crippen LogP contribution in [0.15, 0.2) is 64.8 Å². The lowest BCUT2D eigenvalue weighted by molar-refractivity contribution is -0.145. The molecular weight excluding hydrogens is 489 g/mol. The summed E-state index contributed by atoms with van der Waals surface area (Å²) in [5.41, 5.74) is 3.93. The highest BCUT2D eigenvalue weighted by Crippen LogP contribution is 2.47. The van der Waals surface area contributed by atoms with Crippen LogP contribution in [0, 0.1) is 5.92 Å². The van der Waals surface area contributed by atoms with Gasteiger partial charge in [0.15, 0.2) is 5.78 Å². The van der Waals surface area contributed by atoms with E-state index in [-0.39, 0.29) is 17.7 Å². The maximum Gasteiger partial charge on any atom is 0.315 e. The fraction of sp³-hybridized carbons (Fsp3) is 0.370. The third kappa shape index (κ3) is 5.42. The average molecular weight is 516 g/mol. The molecular formula is C27H27Cl2NO3S. The van der Waals surface area contributed by atoms with Gasteiger partial charge in [0, 0.05) is 45.1 Å². The topological polar surface area (TPSA) is 55.7 Å². The minimum Gasteiger partial charge on any atom is -0.464 e. The zero-order valence-electron chi connectivity index (χ0n) is 19.2. The number of ketones is 1. The van der Waals surface area contributed by atoms with Crippen molar-refractivity contribution in [3.05, 3.63) is 81.0 Å². The van der Waals surface area contributed by atoms with E-state index in [2.05, 4.69) is 6.92 Å². The third-order valence-electron chi connectivity index (χ3n) is 6.37. The molecule has 1 aliphatic heterocycles. The molecule has 2 aromatic rings. The summed E-state index contributed by atoms with van der Waals surface area (Å²) in [5, 5.41) is 1.23. The Bertz CT molecular complexity index is 1140. The van der Waals surface area contributed by atoms with Gasteiger partial charge in [-0.15, -0.1) is 0 Å². The first kappa shape index (κ1) is 25.0. The minimum atomic E-state index is -0.653. The van der Waals surface area contributed by atoms with E-state index >= 15 is 0 Å². The highest BCUT2D eigenvalue weighted by atomic mass is 35.5. The second-order valence-electron chi connectivity index (χ2n) is 8.57. The van der Waals surface area contributed by atoms with Gasteiger partial charge in [0.1, 0.15) is 12.5 Å². The van der Waals surface area contributed by atoms with E-state index < -0.39 is 11.8 Å². The summed E-state index contributed by atoms with van der Waals surface area (Å²) in [7, 11) is 0. The van der Waals surface area contributed by atoms with Crippen LogP contribution in [-0.2, 0) is 14.3 Å². The standard InChI is InChI=1S/C27H27Cl2NO3S/c1-3-34-12-11-33-27(32)24-16(2)30-22-14-19(17-7-9-20(28)10-8-17)15-23(31)26(22)25(24)18-5-4-6-21(29)13-18/h4-10,13,19,24-25H,3,11-12,14-15H2,1-2H3/t19-,24?,25-/m0/s1. The molecule has 0 saturated carbocycles. The monoisotopic (exact) mass is 515 g/mol. The molecule has 0 saturated heterocycles. The number of esters is 1. The Morgan fingerprint density at radius 3 is 2.56 bits per heavy atom. The number of nitrogens with zero attached hydrogens (tertiary/aromatic N) is 1. The number of ether oxygens (including phenoxy) is 1. The number of hydrogen-bond donors (Lipinski definition) is 0. The number of carbonyl (C=O) groups is 2. The van der Waals surface area contributed by atoms with Crippen molar-refractivity contribution in [3.63, 3.8) is 0 Å². The SMILES string of the molecule is CCSCCOC(=O)C1C(C)=NC2=C(C(=O)C[C@@H](c3ccc(Cl)cc3)C2)[C@H]1c1cccc(Cl)c1. The van der Waals surface area contributed by atoms with E-state index in [1.54, 1.807) is 17.8 Å². The van der Waals surface area contributed by atoms with Crippen molar-refractivity contribution in [2.45, 2.75) is 38.5 Å². The van der Waals surface area contributed by atoms with Gasteiger partial charge in [0.05, 0.1) is 0 Å². The van der Waals surface area contributed by atoms with Crippen molar-refractivity contribution in [1.82, 2.24) is 0 Å². The van der Waals surface area contributed by atoms with Crippen molar-refractivity contribution in [1.29, 1.82) is 0 Å². The fourth-order valence-corrected chi connectivity index (χ4v) is 5.65. The van der Waals surface area contributed by atoms with Crippen LogP contribution >= 0.6 is 35.0 Å². The molecule has 1 aliphatic carbocycles. The van der Waals surface area contributed by atoms with Crippen LogP contribution in [0.25, 0.3) is 0 Å². The molecule has 0 radical (unpaired) electrons. The summed E-state index contributed by atoms with van der Waals surface area (Å²) in [6, 6.07) is 15.0. The van der Waals surface area contributed by atoms with Crippen molar-refractivity contribution in [3.8, 4) is 0 Å². The zero-order valence-corrected chi connectivity index (χ0v) is 21.6. The summed E-state index contributed by atoms with van der Waals surface area (Å²) in [5.74, 6) is 0.281. The zero-order chi connectivity index (χ0) is 24.2. The summed E-state index contributed by atoms with van der Waals surface area (Å²) >= 11 is 14.1. The Morgan fingerprint density at radius 2 is 1.85 bits per heavy atom. The van der Waals surface area contributed by atoms with E-state index in [0.717, 1.165) is 28.3 Å². The summed E-state index contributed by atoms with van der Waals surface area (Å²) in [6.45, 7) is 4.26. The maximum absolute atomic E-state index is 13.6. The van der Waals surface area contributed by atoms with Gasteiger partial charge >= 0.3 is 5.97 Å². The van der Waals surface area contributed by atoms with E-state index in [1.807, 2.05) is 49.4 Å². The molecule has 3 atom stereocenters. The molecule has 1 heterocycles. The first-order valence-electron chi connectivity index (χ1n) is 11.5. The van der Waals surface area contributed by atoms with Crippen molar-refractivity contribution in [2.75, 3.05) is 18.1 Å². The van der Waals surface area contributed by atoms with Gasteiger partial charge in [-0.3, -0.25) is 14.6 Å². The second-order valence-corrected chi connectivity index (χ2v) is 10.8. The molecule has 0 aromatic heterocycles. The highest BCUT2D eigenvalue weighted by molar-refractivity contribution is 7.99. The Morgan fingerprint density at radius 1 is 1.09 bits per heavy atom. The van der Waals surface area contributed by atoms with Crippen molar-refractivity contribution >= 4 is 52.4 Å². The van der Waals surface area contributed by atoms with Crippen LogP contribution in [-0.4, -0.2) is 35.6 Å². The van der Waals surface area contributed by atoms with E-state index in [9.17, 15) is 9.59 Å². The number of Topliss-reactive ketones (excluding diaryl/α,β-unsaturated/α-hetero) is 1. The first-order chi connectivity index (χ1) is 16.4. The minimum absolute atomic E-state index is 0.0155. The first-order valence-corrected chi connectivity index (χ1v) is 13.4. The number of thioether (sulfide) groups is 1. The van der Waals surface area contributed by atoms with E-state index in [0.29, 0.717) is 40.8 Å². The van der Waals surface area contributed by atoms with Gasteiger partial charge in [-0.1, -0.05) is 54.4 Å². The van der Waals surface area contributed by atoms with Crippen LogP contribution in [0.3, 0.4) is 0 Å². The Balaban J connectivity index is 1.71. The lowest BCUT2D eigenvalue weighted by Crippen LogP contribution is -2.38. The Hall–Kier alpha value is -2.08. The van der Waals surface area contributed by atoms with Crippen molar-refractivity contribution in [2.24, 2.45) is 10.9 Å². The van der Waals surface area contributed by atoms with E-state index in [4.69, 9.17) is 32.9 Å². The largest absolute Gasteiger partial charge is 0.464 e. The molecule has 1 unspecified atom stereocenters. The Kier molecular flexibility index (Phi) is 8.18. The number of aliphatic imine (C=N–C) groups is 1. The average Bonchev–Trinajstić information content (AvgIpc) is 2.81. The second kappa shape index (κ2) is 11.1. The van der Waals surface area contributed by atoms with Crippen LogP contribution in [0.2, 0.25) is 10.0 Å². The van der Waals surface area contributed by atoms with Gasteiger partial charge < -0.3 is 4.74 Å². The lowest BCUT2D eigenvalue weighted by Gasteiger charge is -2.36. The molecule has 0 bridgehead atoms. The van der Waals surface area contributed by atoms with Gasteiger partial charge in [-0.25, -0.2) is 0 Å². The molecule has 4 rings (SSSR count). The molecule has 0 amide bonds. The predicted molar refractivity (Wildman–Crippen MR) is 140 cm³/mol. The van der Waals surface area contributed by atoms with Gasteiger partial charge in [-0.2, -0.15) is 11.8 Å². The van der Waals surface area contributed by atoms with E-state index in [1.165, 1.54) is 0 Å². The number of carbonyl (C=O) groups excluding carboxylic acids is 2. The number of rotatable bonds is 7. The van der Waals surface area contributed by atoms with Gasteiger partial charge in [-0.05, 0) is 60.4 Å². The lowest BCUT2D eigenvalue weighted by atomic mass is 9.69. The van der Waals surface area contributed by atoms with Crippen molar-refractivity contribution < 1.29 is 14.3 Å². The highest BCUT2D eigenvalue weighted by Gasteiger charge is 2.44. The Labute approximate surface area is 214 Å². The molecule has 34 heavy (non-hydrogen) atoms. The predicted octanol–water partition coefficient (Wildman–Crippen LogP) is 6.86. The van der Waals surface area contributed by atoms with Crippen LogP contribution in [0.1, 0.15) is 49.7 Å². The molecule has 2 aliphatic rings. The molecule has 178 valence electrons. The number of halogens is 2. The van der Waals surface area contributed by atoms with Crippen LogP contribution in [0.4, 0.5) is 0 Å². The molecule has 4 nitrogen and oxygen atoms in total. The fourth-order valence-electron chi connectivity index (χ4n) is 4.83. The molecule has 0 N–H and O–H groups in total. The number of benzene rings is 2. The number of allylic oxidation sites excluding steroid dienone is 2. The molecule has 2 aromatic carbocycles. The molecule has 0 fully saturated rings. The van der Waals surface area contributed by atoms with Gasteiger partial charge in [0.25, 0.3) is 0 Å². The summed E-state index contributed by atoms with van der Waals surface area (Å²) in [4.78, 5) is 31.6.